The minimum atomic E-state index is -0.245. The van der Waals surface area contributed by atoms with Crippen molar-refractivity contribution < 1.29 is 15.0 Å². The summed E-state index contributed by atoms with van der Waals surface area (Å²) in [6.07, 6.45) is 2.11. The highest BCUT2D eigenvalue weighted by atomic mass is 16.3. The molecule has 0 unspecified atom stereocenters. The van der Waals surface area contributed by atoms with Gasteiger partial charge in [-0.2, -0.15) is 0 Å². The summed E-state index contributed by atoms with van der Waals surface area (Å²) in [5.74, 6) is 0.114. The zero-order chi connectivity index (χ0) is 14.0. The van der Waals surface area contributed by atoms with Crippen LogP contribution < -0.4 is 5.32 Å². The third-order valence-corrected chi connectivity index (χ3v) is 3.87. The lowest BCUT2D eigenvalue weighted by Gasteiger charge is -2.37. The van der Waals surface area contributed by atoms with Gasteiger partial charge in [0.15, 0.2) is 0 Å². The molecule has 1 saturated carbocycles. The third-order valence-electron chi connectivity index (χ3n) is 3.87. The van der Waals surface area contributed by atoms with E-state index in [1.165, 1.54) is 0 Å². The van der Waals surface area contributed by atoms with E-state index in [1.54, 1.807) is 12.1 Å². The van der Waals surface area contributed by atoms with Gasteiger partial charge in [0.25, 0.3) is 5.91 Å². The van der Waals surface area contributed by atoms with Gasteiger partial charge in [0.1, 0.15) is 5.75 Å². The summed E-state index contributed by atoms with van der Waals surface area (Å²) in [7, 11) is 0. The number of carbonyl (C=O) groups is 1. The Morgan fingerprint density at radius 2 is 2.16 bits per heavy atom. The van der Waals surface area contributed by atoms with Crippen molar-refractivity contribution in [1.29, 1.82) is 0 Å². The van der Waals surface area contributed by atoms with E-state index in [-0.39, 0.29) is 23.8 Å². The molecule has 2 rings (SSSR count). The average molecular weight is 263 g/mol. The molecule has 0 heterocycles. The second-order valence-corrected chi connectivity index (χ2v) is 5.39. The third kappa shape index (κ3) is 3.07. The van der Waals surface area contributed by atoms with Crippen molar-refractivity contribution in [3.63, 3.8) is 0 Å². The number of benzene rings is 1. The molecular formula is C15H21NO3. The van der Waals surface area contributed by atoms with Gasteiger partial charge in [-0.25, -0.2) is 0 Å². The lowest BCUT2D eigenvalue weighted by molar-refractivity contribution is 0.0232. The molecule has 1 amide bonds. The first-order valence-electron chi connectivity index (χ1n) is 6.79. The predicted octanol–water partition coefficient (Wildman–Crippen LogP) is 1.98. The predicted molar refractivity (Wildman–Crippen MR) is 73.1 cm³/mol. The number of phenols is 1. The maximum absolute atomic E-state index is 12.1. The zero-order valence-corrected chi connectivity index (χ0v) is 11.4. The van der Waals surface area contributed by atoms with Gasteiger partial charge in [0.2, 0.25) is 0 Å². The SMILES string of the molecule is CC[C@H](NC(=O)c1ccc(C)cc1O)C1CC(O)C1. The number of hydrogen-bond acceptors (Lipinski definition) is 3. The van der Waals surface area contributed by atoms with Crippen LogP contribution in [0.3, 0.4) is 0 Å². The molecule has 0 saturated heterocycles. The summed E-state index contributed by atoms with van der Waals surface area (Å²) >= 11 is 0. The molecule has 1 aromatic rings. The van der Waals surface area contributed by atoms with Crippen LogP contribution >= 0.6 is 0 Å². The first kappa shape index (κ1) is 13.9. The molecule has 1 aromatic carbocycles. The minimum absolute atomic E-state index is 0.0148. The van der Waals surface area contributed by atoms with Gasteiger partial charge in [-0.1, -0.05) is 13.0 Å². The molecule has 3 N–H and O–H groups in total. The van der Waals surface area contributed by atoms with Crippen molar-refractivity contribution in [3.05, 3.63) is 29.3 Å². The Bertz CT molecular complexity index is 466. The van der Waals surface area contributed by atoms with E-state index < -0.39 is 0 Å². The van der Waals surface area contributed by atoms with Crippen LogP contribution in [0.4, 0.5) is 0 Å². The first-order valence-corrected chi connectivity index (χ1v) is 6.79. The van der Waals surface area contributed by atoms with Gasteiger partial charge >= 0.3 is 0 Å². The molecule has 1 fully saturated rings. The Morgan fingerprint density at radius 3 is 2.68 bits per heavy atom. The van der Waals surface area contributed by atoms with Crippen molar-refractivity contribution >= 4 is 5.91 Å². The monoisotopic (exact) mass is 263 g/mol. The van der Waals surface area contributed by atoms with Crippen molar-refractivity contribution in [2.75, 3.05) is 0 Å². The maximum atomic E-state index is 12.1. The van der Waals surface area contributed by atoms with E-state index in [0.717, 1.165) is 24.8 Å². The number of aliphatic hydroxyl groups is 1. The Kier molecular flexibility index (Phi) is 4.10. The fourth-order valence-electron chi connectivity index (χ4n) is 2.59. The van der Waals surface area contributed by atoms with E-state index in [1.807, 2.05) is 19.9 Å². The van der Waals surface area contributed by atoms with Gasteiger partial charge < -0.3 is 15.5 Å². The number of rotatable bonds is 4. The van der Waals surface area contributed by atoms with Gasteiger partial charge in [-0.15, -0.1) is 0 Å². The molecule has 1 aliphatic rings. The topological polar surface area (TPSA) is 69.6 Å². The van der Waals surface area contributed by atoms with E-state index in [2.05, 4.69) is 5.32 Å². The number of nitrogens with one attached hydrogen (secondary N) is 1. The molecule has 1 aliphatic carbocycles. The summed E-state index contributed by atoms with van der Waals surface area (Å²) in [5.41, 5.74) is 1.23. The number of hydrogen-bond donors (Lipinski definition) is 3. The van der Waals surface area contributed by atoms with Crippen molar-refractivity contribution in [2.24, 2.45) is 5.92 Å². The van der Waals surface area contributed by atoms with Crippen LogP contribution in [0.1, 0.15) is 42.1 Å². The van der Waals surface area contributed by atoms with E-state index in [9.17, 15) is 15.0 Å². The molecule has 0 aliphatic heterocycles. The minimum Gasteiger partial charge on any atom is -0.507 e. The van der Waals surface area contributed by atoms with Crippen molar-refractivity contribution in [1.82, 2.24) is 5.32 Å². The second-order valence-electron chi connectivity index (χ2n) is 5.39. The summed E-state index contributed by atoms with van der Waals surface area (Å²) in [4.78, 5) is 12.1. The number of aryl methyl sites for hydroxylation is 1. The Balaban J connectivity index is 2.03. The smallest absolute Gasteiger partial charge is 0.255 e. The molecular weight excluding hydrogens is 242 g/mol. The highest BCUT2D eigenvalue weighted by Gasteiger charge is 2.34. The van der Waals surface area contributed by atoms with Crippen LogP contribution in [0, 0.1) is 12.8 Å². The number of phenolic OH excluding ortho intramolecular Hbond substituents is 1. The molecule has 4 heteroatoms. The van der Waals surface area contributed by atoms with Crippen molar-refractivity contribution in [3.8, 4) is 5.75 Å². The Labute approximate surface area is 113 Å². The van der Waals surface area contributed by atoms with Gasteiger partial charge in [-0.3, -0.25) is 4.79 Å². The van der Waals surface area contributed by atoms with Crippen LogP contribution in [0.15, 0.2) is 18.2 Å². The number of aromatic hydroxyl groups is 1. The summed E-state index contributed by atoms with van der Waals surface area (Å²) in [6.45, 7) is 3.89. The highest BCUT2D eigenvalue weighted by molar-refractivity contribution is 5.97. The summed E-state index contributed by atoms with van der Waals surface area (Å²) in [5, 5.41) is 22.1. The fourth-order valence-corrected chi connectivity index (χ4v) is 2.59. The molecule has 1 atom stereocenters. The quantitative estimate of drug-likeness (QED) is 0.778. The van der Waals surface area contributed by atoms with Gasteiger partial charge in [0, 0.05) is 6.04 Å². The molecule has 0 aromatic heterocycles. The van der Waals surface area contributed by atoms with Crippen LogP contribution in [-0.2, 0) is 0 Å². The van der Waals surface area contributed by atoms with Crippen LogP contribution in [0.5, 0.6) is 5.75 Å². The molecule has 0 bridgehead atoms. The molecule has 4 nitrogen and oxygen atoms in total. The lowest BCUT2D eigenvalue weighted by Crippen LogP contribution is -2.46. The van der Waals surface area contributed by atoms with Crippen LogP contribution in [0.25, 0.3) is 0 Å². The molecule has 19 heavy (non-hydrogen) atoms. The molecule has 104 valence electrons. The Morgan fingerprint density at radius 1 is 1.47 bits per heavy atom. The maximum Gasteiger partial charge on any atom is 0.255 e. The van der Waals surface area contributed by atoms with E-state index in [4.69, 9.17) is 0 Å². The number of aliphatic hydroxyl groups excluding tert-OH is 1. The van der Waals surface area contributed by atoms with Gasteiger partial charge in [-0.05, 0) is 49.8 Å². The standard InChI is InChI=1S/C15H21NO3/c1-3-13(10-7-11(17)8-10)16-15(19)12-5-4-9(2)6-14(12)18/h4-6,10-11,13,17-18H,3,7-8H2,1-2H3,(H,16,19)/t10?,11?,13-/m0/s1. The second kappa shape index (κ2) is 5.61. The zero-order valence-electron chi connectivity index (χ0n) is 11.4. The summed E-state index contributed by atoms with van der Waals surface area (Å²) in [6, 6.07) is 5.10. The van der Waals surface area contributed by atoms with Crippen molar-refractivity contribution in [2.45, 2.75) is 45.3 Å². The van der Waals surface area contributed by atoms with E-state index >= 15 is 0 Å². The molecule has 0 spiro atoms. The summed E-state index contributed by atoms with van der Waals surface area (Å²) < 4.78 is 0. The van der Waals surface area contributed by atoms with Crippen LogP contribution in [0.2, 0.25) is 0 Å². The fraction of sp³-hybridized carbons (Fsp3) is 0.533. The average Bonchev–Trinajstić information content (AvgIpc) is 2.32. The first-order chi connectivity index (χ1) is 9.01. The Hall–Kier alpha value is -1.55. The molecule has 0 radical (unpaired) electrons. The lowest BCUT2D eigenvalue weighted by atomic mass is 9.76. The number of amides is 1. The highest BCUT2D eigenvalue weighted by Crippen LogP contribution is 2.31. The normalized spacial score (nSPS) is 23.5. The van der Waals surface area contributed by atoms with E-state index in [0.29, 0.717) is 11.5 Å². The van der Waals surface area contributed by atoms with Crippen LogP contribution in [-0.4, -0.2) is 28.3 Å². The largest absolute Gasteiger partial charge is 0.507 e. The number of carbonyl (C=O) groups excluding carboxylic acids is 1. The van der Waals surface area contributed by atoms with Gasteiger partial charge in [0.05, 0.1) is 11.7 Å².